The monoisotopic (exact) mass is 1460 g/mol. The maximum Gasteiger partial charge on any atom is 0.319 e. The number of ketones is 2. The third-order valence-electron chi connectivity index (χ3n) is 15.2. The molecule has 99 heavy (non-hydrogen) atoms. The third kappa shape index (κ3) is 17.8. The SMILES string of the molecule is CC(=O)c1nn(CS(=O)(=O)Cl)c2ccc(NC(=O)NCc3ccon3)cc12.CC(=O)c1nn(CS(=O)(=O)N2C[C@H](F)C[C@H]2C(=O)Nc2cccc(-c3ccccc3Cl)c2F)c2ccc(NC(=O)NCc3ccon3)cc12.O=C(Nc1cccc(-c2ccccc2Cl)c1F)[C@@H]1C[C@@H](F)CN1. The molecular weight excluding hydrogens is 1400 g/mol. The molecule has 10 aromatic rings. The summed E-state index contributed by atoms with van der Waals surface area (Å²) in [6.45, 7) is 2.36. The second-order valence-electron chi connectivity index (χ2n) is 22.3. The van der Waals surface area contributed by atoms with Crippen LogP contribution < -0.4 is 37.2 Å². The van der Waals surface area contributed by atoms with Gasteiger partial charge >= 0.3 is 12.1 Å². The number of nitrogens with zero attached hydrogens (tertiary/aromatic N) is 7. The van der Waals surface area contributed by atoms with Crippen LogP contribution in [0.1, 0.15) is 59.1 Å². The minimum absolute atomic E-state index is 0.0523. The van der Waals surface area contributed by atoms with Crippen molar-refractivity contribution >= 4 is 133 Å². The summed E-state index contributed by atoms with van der Waals surface area (Å²) in [5.41, 5.74) is 3.56. The van der Waals surface area contributed by atoms with Gasteiger partial charge in [-0.2, -0.15) is 14.5 Å². The Bertz CT molecular complexity index is 4940. The summed E-state index contributed by atoms with van der Waals surface area (Å²) in [5, 5.41) is 35.1. The Kier molecular flexibility index (Phi) is 22.6. The molecule has 0 bridgehead atoms. The van der Waals surface area contributed by atoms with Crippen molar-refractivity contribution in [3.8, 4) is 22.3 Å². The number of halogens is 7. The second-order valence-corrected chi connectivity index (χ2v) is 27.7. The first-order chi connectivity index (χ1) is 47.2. The van der Waals surface area contributed by atoms with Gasteiger partial charge in [-0.25, -0.2) is 53.3 Å². The van der Waals surface area contributed by atoms with Gasteiger partial charge in [-0.05, 0) is 60.7 Å². The fourth-order valence-corrected chi connectivity index (χ4v) is 13.5. The maximum absolute atomic E-state index is 15.5. The summed E-state index contributed by atoms with van der Waals surface area (Å²) in [7, 11) is -3.03. The van der Waals surface area contributed by atoms with Crippen LogP contribution in [0.5, 0.6) is 0 Å². The molecule has 0 radical (unpaired) electrons. The highest BCUT2D eigenvalue weighted by atomic mass is 35.7. The van der Waals surface area contributed by atoms with Crippen molar-refractivity contribution in [2.75, 3.05) is 34.4 Å². The first kappa shape index (κ1) is 71.7. The Balaban J connectivity index is 0.000000178. The van der Waals surface area contributed by atoms with Gasteiger partial charge in [0.05, 0.1) is 41.5 Å². The number of alkyl halides is 2. The lowest BCUT2D eigenvalue weighted by Gasteiger charge is -2.23. The van der Waals surface area contributed by atoms with Crippen molar-refractivity contribution in [1.82, 2.24) is 50.1 Å². The third-order valence-corrected chi connectivity index (χ3v) is 18.4. The molecule has 0 unspecified atom stereocenters. The van der Waals surface area contributed by atoms with E-state index >= 15 is 4.39 Å². The fourth-order valence-electron chi connectivity index (χ4n) is 10.6. The molecule has 35 heteroatoms. The number of amides is 6. The first-order valence-corrected chi connectivity index (χ1v) is 34.6. The summed E-state index contributed by atoms with van der Waals surface area (Å²) in [6.07, 6.45) is -0.324. The van der Waals surface area contributed by atoms with Crippen LogP contribution in [0.2, 0.25) is 10.0 Å². The van der Waals surface area contributed by atoms with Gasteiger partial charge in [0.25, 0.3) is 9.05 Å². The maximum atomic E-state index is 15.5. The number of sulfonamides is 1. The van der Waals surface area contributed by atoms with Crippen molar-refractivity contribution in [2.24, 2.45) is 0 Å². The number of hydrogen-bond acceptors (Lipinski definition) is 17. The molecule has 6 heterocycles. The van der Waals surface area contributed by atoms with Gasteiger partial charge in [0.1, 0.15) is 53.7 Å². The predicted molar refractivity (Wildman–Crippen MR) is 360 cm³/mol. The van der Waals surface area contributed by atoms with E-state index in [1.54, 1.807) is 84.9 Å². The number of aromatic nitrogens is 6. The molecule has 2 aliphatic rings. The lowest BCUT2D eigenvalue weighted by molar-refractivity contribution is -0.119. The quantitative estimate of drug-likeness (QED) is 0.0225. The van der Waals surface area contributed by atoms with Crippen molar-refractivity contribution in [3.05, 3.63) is 190 Å². The van der Waals surface area contributed by atoms with Crippen molar-refractivity contribution in [2.45, 2.75) is 76.0 Å². The molecule has 7 N–H and O–H groups in total. The van der Waals surface area contributed by atoms with Gasteiger partial charge in [-0.1, -0.05) is 94.2 Å². The molecule has 2 fully saturated rings. The minimum Gasteiger partial charge on any atom is -0.364 e. The molecule has 12 rings (SSSR count). The molecule has 6 aromatic carbocycles. The predicted octanol–water partition coefficient (Wildman–Crippen LogP) is 11.2. The summed E-state index contributed by atoms with van der Waals surface area (Å²) in [5.74, 6) is -4.97. The zero-order valence-corrected chi connectivity index (χ0v) is 55.7. The first-order valence-electron chi connectivity index (χ1n) is 29.7. The molecule has 0 spiro atoms. The number of rotatable bonds is 19. The van der Waals surface area contributed by atoms with Crippen LogP contribution >= 0.6 is 33.9 Å². The van der Waals surface area contributed by atoms with E-state index in [1.165, 1.54) is 74.9 Å². The van der Waals surface area contributed by atoms with Crippen LogP contribution in [-0.4, -0.2) is 124 Å². The normalized spacial score (nSPS) is 16.1. The molecule has 2 saturated heterocycles. The van der Waals surface area contributed by atoms with E-state index in [4.69, 9.17) is 38.4 Å². The average molecular weight is 1460 g/mol. The standard InChI is InChI=1S/C32H28ClF2N7O6S.C17H15ClF2N2O.C15H14ClN5O5S/c1-18(43)30-24-14-20(37-32(45)36-15-21-11-12-48-40-21)9-10-27(24)41(39-30)17-49(46,47)42-16-19(34)13-28(42)31(44)38-26-8-4-6-23(29(26)35)22-5-2-3-7-25(22)33;18-13-6-2-1-4-11(13)12-5-3-7-14(16(12)20)22-17(23)15-8-10(19)9-21-15;1-9(22)14-12-6-10(18-15(23)17-7-11-4-5-26-20-11)2-3-13(12)21(19-14)8-27(16,24)25/h2-12,14,19,28H,13,15-17H2,1H3,(H,38,44)(H2,36,37,45);1-7,10,15,21H,8-9H2,(H,22,23);2-6H,7-8H2,1H3,(H2,17,18,23)/t19-,28+;10-,15+;/m11./s1. The Morgan fingerprint density at radius 2 is 1.04 bits per heavy atom. The number of urea groups is 2. The minimum atomic E-state index is -4.44. The smallest absolute Gasteiger partial charge is 0.319 e. The van der Waals surface area contributed by atoms with Gasteiger partial charge in [0, 0.05) is 117 Å². The molecule has 0 saturated carbocycles. The molecule has 2 aliphatic heterocycles. The Morgan fingerprint density at radius 3 is 1.47 bits per heavy atom. The van der Waals surface area contributed by atoms with Gasteiger partial charge in [0.15, 0.2) is 35.0 Å². The van der Waals surface area contributed by atoms with E-state index in [-0.39, 0.29) is 81.8 Å². The van der Waals surface area contributed by atoms with Gasteiger partial charge < -0.3 is 46.3 Å². The highest BCUT2D eigenvalue weighted by molar-refractivity contribution is 8.13. The summed E-state index contributed by atoms with van der Waals surface area (Å²) < 4.78 is 121. The van der Waals surface area contributed by atoms with Crippen LogP contribution in [-0.2, 0) is 53.5 Å². The van der Waals surface area contributed by atoms with E-state index < -0.39 is 110 Å². The van der Waals surface area contributed by atoms with Crippen LogP contribution in [0.4, 0.5) is 49.9 Å². The van der Waals surface area contributed by atoms with Crippen molar-refractivity contribution in [3.63, 3.8) is 0 Å². The zero-order valence-electron chi connectivity index (χ0n) is 51.8. The highest BCUT2D eigenvalue weighted by Gasteiger charge is 2.44. The second kappa shape index (κ2) is 31.2. The molecule has 4 aromatic heterocycles. The lowest BCUT2D eigenvalue weighted by atomic mass is 10.0. The fraction of sp³-hybridized carbons (Fsp3) is 0.219. The van der Waals surface area contributed by atoms with Crippen molar-refractivity contribution in [1.29, 1.82) is 0 Å². The van der Waals surface area contributed by atoms with E-state index in [2.05, 4.69) is 62.3 Å². The molecule has 6 amide bonds. The van der Waals surface area contributed by atoms with Gasteiger partial charge in [0.2, 0.25) is 21.8 Å². The number of anilines is 4. The Hall–Kier alpha value is -10.1. The number of carbonyl (C=O) groups is 6. The Morgan fingerprint density at radius 1 is 0.576 bits per heavy atom. The number of fused-ring (bicyclic) bond motifs is 2. The van der Waals surface area contributed by atoms with Crippen LogP contribution in [0.15, 0.2) is 155 Å². The van der Waals surface area contributed by atoms with Gasteiger partial charge in [-0.3, -0.25) is 19.2 Å². The number of Topliss-reactive ketones (excluding diaryl/α,β-unsaturated/α-hetero) is 2. The number of benzene rings is 6. The number of carbonyl (C=O) groups excluding carboxylic acids is 6. The average Bonchev–Trinajstić information content (AvgIpc) is 1.65. The Labute approximate surface area is 575 Å². The molecule has 4 atom stereocenters. The zero-order chi connectivity index (χ0) is 70.9. The van der Waals surface area contributed by atoms with E-state index in [0.29, 0.717) is 49.7 Å². The summed E-state index contributed by atoms with van der Waals surface area (Å²) in [4.78, 5) is 74.2. The molecule has 0 aliphatic carbocycles. The van der Waals surface area contributed by atoms with Crippen LogP contribution in [0.3, 0.4) is 0 Å². The largest absolute Gasteiger partial charge is 0.364 e. The number of nitrogens with one attached hydrogen (secondary N) is 7. The van der Waals surface area contributed by atoms with E-state index in [1.807, 2.05) is 0 Å². The molecule has 26 nitrogen and oxygen atoms in total. The van der Waals surface area contributed by atoms with E-state index in [9.17, 15) is 58.8 Å². The lowest BCUT2D eigenvalue weighted by Crippen LogP contribution is -2.44. The molecule has 516 valence electrons. The topological polar surface area (TPSA) is 346 Å². The number of hydrogen-bond donors (Lipinski definition) is 7. The summed E-state index contributed by atoms with van der Waals surface area (Å²) in [6, 6.07) is 31.5. The molecular formula is C64H57Cl3F4N14O12S2. The summed E-state index contributed by atoms with van der Waals surface area (Å²) >= 11 is 12.3. The van der Waals surface area contributed by atoms with Crippen molar-refractivity contribution < 1.29 is 72.2 Å². The van der Waals surface area contributed by atoms with Gasteiger partial charge in [-0.15, -0.1) is 0 Å². The van der Waals surface area contributed by atoms with Crippen LogP contribution in [0, 0.1) is 11.6 Å². The van der Waals surface area contributed by atoms with Crippen LogP contribution in [0.25, 0.3) is 44.1 Å². The highest BCUT2D eigenvalue weighted by Crippen LogP contribution is 2.36. The van der Waals surface area contributed by atoms with E-state index in [0.717, 1.165) is 13.7 Å².